The molecule has 1 heterocycles. The Balaban J connectivity index is 1.99. The van der Waals surface area contributed by atoms with Gasteiger partial charge in [0.15, 0.2) is 5.69 Å². The highest BCUT2D eigenvalue weighted by Gasteiger charge is 2.17. The van der Waals surface area contributed by atoms with Gasteiger partial charge in [-0.3, -0.25) is 9.59 Å². The highest BCUT2D eigenvalue weighted by Crippen LogP contribution is 2.18. The molecule has 0 aliphatic rings. The first-order valence-electron chi connectivity index (χ1n) is 8.61. The van der Waals surface area contributed by atoms with Gasteiger partial charge in [-0.05, 0) is 38.5 Å². The van der Waals surface area contributed by atoms with Gasteiger partial charge in [-0.2, -0.15) is 0 Å². The van der Waals surface area contributed by atoms with Crippen molar-refractivity contribution >= 4 is 11.8 Å². The Morgan fingerprint density at radius 1 is 1.31 bits per heavy atom. The molecular weight excluding hydrogens is 334 g/mol. The molecule has 1 aromatic heterocycles. The molecular formula is C18H25N5O3. The number of nitrogens with zero attached hydrogens (tertiary/aromatic N) is 4. The van der Waals surface area contributed by atoms with E-state index in [-0.39, 0.29) is 30.1 Å². The highest BCUT2D eigenvalue weighted by molar-refractivity contribution is 5.92. The summed E-state index contributed by atoms with van der Waals surface area (Å²) in [5.74, 6) is 0.322. The maximum atomic E-state index is 12.4. The van der Waals surface area contributed by atoms with E-state index in [1.165, 1.54) is 10.9 Å². The molecule has 0 fully saturated rings. The van der Waals surface area contributed by atoms with Gasteiger partial charge in [-0.1, -0.05) is 17.3 Å². The molecule has 0 unspecified atom stereocenters. The van der Waals surface area contributed by atoms with Gasteiger partial charge in [0.25, 0.3) is 5.91 Å². The standard InChI is InChI=1S/C18H25N5O3/c1-5-22(6-2)17(24)12-23-11-16(20-21-23)18(25)19-13(3)14-8-7-9-15(10-14)26-4/h7-11,13H,5-6,12H2,1-4H3,(H,19,25)/t13-/m1/s1. The van der Waals surface area contributed by atoms with E-state index in [1.54, 1.807) is 12.0 Å². The molecule has 0 aliphatic heterocycles. The van der Waals surface area contributed by atoms with Crippen LogP contribution in [0.4, 0.5) is 0 Å². The van der Waals surface area contributed by atoms with Gasteiger partial charge in [0, 0.05) is 13.1 Å². The SMILES string of the molecule is CCN(CC)C(=O)Cn1cc(C(=O)N[C@H](C)c2cccc(OC)c2)nn1. The third-order valence-electron chi connectivity index (χ3n) is 4.13. The zero-order chi connectivity index (χ0) is 19.1. The van der Waals surface area contributed by atoms with Crippen LogP contribution in [-0.4, -0.2) is 51.9 Å². The Morgan fingerprint density at radius 2 is 2.04 bits per heavy atom. The lowest BCUT2D eigenvalue weighted by Gasteiger charge is -2.17. The number of carbonyl (C=O) groups excluding carboxylic acids is 2. The topological polar surface area (TPSA) is 89.4 Å². The maximum Gasteiger partial charge on any atom is 0.273 e. The summed E-state index contributed by atoms with van der Waals surface area (Å²) in [6, 6.07) is 7.26. The smallest absolute Gasteiger partial charge is 0.273 e. The fourth-order valence-corrected chi connectivity index (χ4v) is 2.56. The quantitative estimate of drug-likeness (QED) is 0.774. The van der Waals surface area contributed by atoms with Crippen molar-refractivity contribution in [1.29, 1.82) is 0 Å². The van der Waals surface area contributed by atoms with E-state index in [0.717, 1.165) is 11.3 Å². The van der Waals surface area contributed by atoms with Crippen molar-refractivity contribution in [2.45, 2.75) is 33.4 Å². The number of carbonyl (C=O) groups is 2. The zero-order valence-electron chi connectivity index (χ0n) is 15.6. The van der Waals surface area contributed by atoms with Crippen LogP contribution < -0.4 is 10.1 Å². The van der Waals surface area contributed by atoms with Crippen LogP contribution in [0.1, 0.15) is 42.9 Å². The maximum absolute atomic E-state index is 12.4. The largest absolute Gasteiger partial charge is 0.497 e. The number of methoxy groups -OCH3 is 1. The second-order valence-electron chi connectivity index (χ2n) is 5.84. The summed E-state index contributed by atoms with van der Waals surface area (Å²) in [6.07, 6.45) is 1.48. The first-order chi connectivity index (χ1) is 12.5. The number of nitrogens with one attached hydrogen (secondary N) is 1. The Morgan fingerprint density at radius 3 is 2.69 bits per heavy atom. The molecule has 8 nitrogen and oxygen atoms in total. The van der Waals surface area contributed by atoms with Crippen molar-refractivity contribution in [2.75, 3.05) is 20.2 Å². The van der Waals surface area contributed by atoms with Gasteiger partial charge in [-0.25, -0.2) is 4.68 Å². The number of hydrogen-bond acceptors (Lipinski definition) is 5. The second kappa shape index (κ2) is 8.98. The molecule has 0 saturated carbocycles. The molecule has 1 aromatic carbocycles. The van der Waals surface area contributed by atoms with Crippen LogP contribution in [0, 0.1) is 0 Å². The van der Waals surface area contributed by atoms with Gasteiger partial charge in [0.1, 0.15) is 12.3 Å². The number of benzene rings is 1. The normalized spacial score (nSPS) is 11.7. The predicted molar refractivity (Wildman–Crippen MR) is 96.8 cm³/mol. The van der Waals surface area contributed by atoms with Crippen LogP contribution in [0.2, 0.25) is 0 Å². The van der Waals surface area contributed by atoms with Crippen molar-refractivity contribution < 1.29 is 14.3 Å². The average molecular weight is 359 g/mol. The fourth-order valence-electron chi connectivity index (χ4n) is 2.56. The Bertz CT molecular complexity index is 755. The molecule has 2 rings (SSSR count). The number of hydrogen-bond donors (Lipinski definition) is 1. The highest BCUT2D eigenvalue weighted by atomic mass is 16.5. The molecule has 2 amide bonds. The van der Waals surface area contributed by atoms with Crippen LogP contribution in [0.25, 0.3) is 0 Å². The summed E-state index contributed by atoms with van der Waals surface area (Å²) in [7, 11) is 1.60. The van der Waals surface area contributed by atoms with Crippen molar-refractivity contribution in [2.24, 2.45) is 0 Å². The molecule has 0 bridgehead atoms. The third-order valence-corrected chi connectivity index (χ3v) is 4.13. The van der Waals surface area contributed by atoms with E-state index in [2.05, 4.69) is 15.6 Å². The number of likely N-dealkylation sites (N-methyl/N-ethyl adjacent to an activating group) is 1. The molecule has 26 heavy (non-hydrogen) atoms. The minimum Gasteiger partial charge on any atom is -0.497 e. The van der Waals surface area contributed by atoms with E-state index in [9.17, 15) is 9.59 Å². The summed E-state index contributed by atoms with van der Waals surface area (Å²) < 4.78 is 6.58. The summed E-state index contributed by atoms with van der Waals surface area (Å²) in [5, 5.41) is 10.6. The Labute approximate surface area is 153 Å². The van der Waals surface area contributed by atoms with E-state index in [1.807, 2.05) is 45.0 Å². The first-order valence-corrected chi connectivity index (χ1v) is 8.61. The molecule has 0 aliphatic carbocycles. The molecule has 0 saturated heterocycles. The van der Waals surface area contributed by atoms with E-state index in [4.69, 9.17) is 4.74 Å². The Kier molecular flexibility index (Phi) is 6.71. The van der Waals surface area contributed by atoms with Gasteiger partial charge in [0.05, 0.1) is 19.3 Å². The molecule has 0 radical (unpaired) electrons. The molecule has 140 valence electrons. The van der Waals surface area contributed by atoms with Crippen molar-refractivity contribution in [3.63, 3.8) is 0 Å². The lowest BCUT2D eigenvalue weighted by atomic mass is 10.1. The number of amides is 2. The number of rotatable bonds is 8. The van der Waals surface area contributed by atoms with Crippen LogP contribution >= 0.6 is 0 Å². The van der Waals surface area contributed by atoms with E-state index < -0.39 is 0 Å². The average Bonchev–Trinajstić information content (AvgIpc) is 3.11. The van der Waals surface area contributed by atoms with Crippen LogP contribution in [0.15, 0.2) is 30.5 Å². The van der Waals surface area contributed by atoms with Gasteiger partial charge >= 0.3 is 0 Å². The summed E-state index contributed by atoms with van der Waals surface area (Å²) in [5.41, 5.74) is 1.09. The number of ether oxygens (including phenoxy) is 1. The lowest BCUT2D eigenvalue weighted by molar-refractivity contribution is -0.131. The van der Waals surface area contributed by atoms with Crippen molar-refractivity contribution in [3.05, 3.63) is 41.7 Å². The molecule has 0 spiro atoms. The minimum absolute atomic E-state index is 0.0587. The third kappa shape index (κ3) is 4.81. The first kappa shape index (κ1) is 19.4. The second-order valence-corrected chi connectivity index (χ2v) is 5.84. The van der Waals surface area contributed by atoms with Gasteiger partial charge in [0.2, 0.25) is 5.91 Å². The van der Waals surface area contributed by atoms with Crippen LogP contribution in [0.5, 0.6) is 5.75 Å². The van der Waals surface area contributed by atoms with Crippen LogP contribution in [-0.2, 0) is 11.3 Å². The number of aromatic nitrogens is 3. The Hall–Kier alpha value is -2.90. The van der Waals surface area contributed by atoms with E-state index >= 15 is 0 Å². The van der Waals surface area contributed by atoms with E-state index in [0.29, 0.717) is 13.1 Å². The zero-order valence-corrected chi connectivity index (χ0v) is 15.6. The monoisotopic (exact) mass is 359 g/mol. The summed E-state index contributed by atoms with van der Waals surface area (Å²) >= 11 is 0. The van der Waals surface area contributed by atoms with Gasteiger partial charge in [-0.15, -0.1) is 5.10 Å². The lowest BCUT2D eigenvalue weighted by Crippen LogP contribution is -2.33. The van der Waals surface area contributed by atoms with Gasteiger partial charge < -0.3 is 15.0 Å². The summed E-state index contributed by atoms with van der Waals surface area (Å²) in [6.45, 7) is 7.04. The molecule has 1 N–H and O–H groups in total. The minimum atomic E-state index is -0.346. The molecule has 8 heteroatoms. The van der Waals surface area contributed by atoms with Crippen LogP contribution in [0.3, 0.4) is 0 Å². The molecule has 2 aromatic rings. The van der Waals surface area contributed by atoms with Crippen molar-refractivity contribution in [1.82, 2.24) is 25.2 Å². The van der Waals surface area contributed by atoms with Crippen molar-refractivity contribution in [3.8, 4) is 5.75 Å². The summed E-state index contributed by atoms with van der Waals surface area (Å²) in [4.78, 5) is 26.2. The molecule has 1 atom stereocenters. The fraction of sp³-hybridized carbons (Fsp3) is 0.444. The predicted octanol–water partition coefficient (Wildman–Crippen LogP) is 1.65.